The fourth-order valence-corrected chi connectivity index (χ4v) is 7.53. The molecular weight excluding hydrogens is 582 g/mol. The van der Waals surface area contributed by atoms with E-state index in [0.29, 0.717) is 63.4 Å². The number of hydrogen-bond donors (Lipinski definition) is 1. The molecule has 2 atom stereocenters. The summed E-state index contributed by atoms with van der Waals surface area (Å²) in [6.07, 6.45) is 0.208. The van der Waals surface area contributed by atoms with E-state index in [0.717, 1.165) is 24.3 Å². The van der Waals surface area contributed by atoms with Crippen molar-refractivity contribution in [3.05, 3.63) is 59.7 Å². The van der Waals surface area contributed by atoms with Crippen LogP contribution in [0.25, 0.3) is 0 Å². The number of piperidine rings is 1. The van der Waals surface area contributed by atoms with Gasteiger partial charge in [-0.15, -0.1) is 0 Å². The summed E-state index contributed by atoms with van der Waals surface area (Å²) < 4.78 is 39.0. The number of nitrogens with zero attached hydrogens (tertiary/aromatic N) is 4. The number of methoxy groups -OCH3 is 1. The number of benzene rings is 2. The summed E-state index contributed by atoms with van der Waals surface area (Å²) in [5, 5.41) is 0. The molecule has 0 aliphatic carbocycles. The van der Waals surface area contributed by atoms with Crippen LogP contribution in [-0.4, -0.2) is 112 Å². The highest BCUT2D eigenvalue weighted by Gasteiger charge is 2.38. The molecule has 4 rings (SSSR count). The van der Waals surface area contributed by atoms with Crippen molar-refractivity contribution in [3.8, 4) is 5.75 Å². The number of piperazine rings is 1. The monoisotopic (exact) mass is 629 g/mol. The molecule has 2 aliphatic heterocycles. The summed E-state index contributed by atoms with van der Waals surface area (Å²) in [4.78, 5) is 31.9. The Balaban J connectivity index is 1.34. The summed E-state index contributed by atoms with van der Waals surface area (Å²) in [6, 6.07) is 14.3. The molecule has 11 nitrogen and oxygen atoms in total. The van der Waals surface area contributed by atoms with Gasteiger partial charge in [0.05, 0.1) is 5.75 Å². The molecule has 44 heavy (non-hydrogen) atoms. The van der Waals surface area contributed by atoms with Crippen LogP contribution in [0.3, 0.4) is 0 Å². The molecule has 0 spiro atoms. The molecule has 2 fully saturated rings. The first-order valence-electron chi connectivity index (χ1n) is 15.5. The van der Waals surface area contributed by atoms with E-state index in [-0.39, 0.29) is 17.8 Å². The van der Waals surface area contributed by atoms with Gasteiger partial charge >= 0.3 is 0 Å². The van der Waals surface area contributed by atoms with Gasteiger partial charge in [0.1, 0.15) is 17.9 Å². The zero-order valence-corrected chi connectivity index (χ0v) is 27.2. The average Bonchev–Trinajstić information content (AvgIpc) is 3.03. The van der Waals surface area contributed by atoms with Crippen LogP contribution in [0, 0.1) is 6.92 Å². The maximum absolute atomic E-state index is 13.7. The molecule has 12 heteroatoms. The third-order valence-corrected chi connectivity index (χ3v) is 10.6. The van der Waals surface area contributed by atoms with Gasteiger partial charge in [0.15, 0.2) is 6.10 Å². The average molecular weight is 630 g/mol. The third kappa shape index (κ3) is 8.09. The highest BCUT2D eigenvalue weighted by Crippen LogP contribution is 2.28. The number of primary amides is 1. The number of nitrogens with two attached hydrogens (primary N) is 1. The van der Waals surface area contributed by atoms with Gasteiger partial charge in [-0.3, -0.25) is 9.59 Å². The van der Waals surface area contributed by atoms with Crippen molar-refractivity contribution in [3.63, 3.8) is 0 Å². The minimum absolute atomic E-state index is 0.101. The number of carbonyl (C=O) groups excluding carboxylic acids is 2. The lowest BCUT2D eigenvalue weighted by Gasteiger charge is -2.42. The lowest BCUT2D eigenvalue weighted by atomic mass is 10.0. The van der Waals surface area contributed by atoms with E-state index in [4.69, 9.17) is 15.2 Å². The number of para-hydroxylation sites is 1. The van der Waals surface area contributed by atoms with Crippen molar-refractivity contribution in [1.29, 1.82) is 0 Å². The zero-order valence-electron chi connectivity index (χ0n) is 26.4. The Labute approximate surface area is 261 Å². The standard InChI is InChI=1S/C32H47N5O6S/c1-5-34(6-2)21-22-44(40,41)36-17-15-27(16-18-36)43-26-13-11-25(12-14-26)30(42-4)32(39)37-20-19-35(23-29(37)31(33)38)28-10-8-7-9-24(28)3/h7-14,27,29-30H,5-6,15-23H2,1-4H3,(H2,33,38). The molecule has 2 N–H and O–H groups in total. The molecule has 2 unspecified atom stereocenters. The van der Waals surface area contributed by atoms with Crippen LogP contribution >= 0.6 is 0 Å². The van der Waals surface area contributed by atoms with Crippen molar-refractivity contribution in [2.24, 2.45) is 5.73 Å². The summed E-state index contributed by atoms with van der Waals surface area (Å²) in [7, 11) is -1.83. The Bertz CT molecular complexity index is 1360. The van der Waals surface area contributed by atoms with E-state index in [9.17, 15) is 18.0 Å². The van der Waals surface area contributed by atoms with Crippen molar-refractivity contribution < 1.29 is 27.5 Å². The molecule has 0 radical (unpaired) electrons. The molecule has 2 aromatic rings. The van der Waals surface area contributed by atoms with E-state index < -0.39 is 28.1 Å². The summed E-state index contributed by atoms with van der Waals surface area (Å²) in [5.41, 5.74) is 8.53. The van der Waals surface area contributed by atoms with Gasteiger partial charge in [0, 0.05) is 52.1 Å². The quantitative estimate of drug-likeness (QED) is 0.358. The van der Waals surface area contributed by atoms with Crippen LogP contribution in [-0.2, 0) is 24.3 Å². The Kier molecular flexibility index (Phi) is 11.6. The normalized spacial score (nSPS) is 19.2. The van der Waals surface area contributed by atoms with Crippen LogP contribution in [0.2, 0.25) is 0 Å². The fraction of sp³-hybridized carbons (Fsp3) is 0.562. The number of amides is 2. The van der Waals surface area contributed by atoms with Crippen molar-refractivity contribution >= 4 is 27.5 Å². The predicted molar refractivity (Wildman–Crippen MR) is 171 cm³/mol. The molecule has 2 aromatic carbocycles. The number of anilines is 1. The lowest BCUT2D eigenvalue weighted by molar-refractivity contribution is -0.149. The first kappa shape index (κ1) is 33.7. The first-order valence-corrected chi connectivity index (χ1v) is 17.1. The zero-order chi connectivity index (χ0) is 31.9. The molecule has 0 bridgehead atoms. The molecule has 2 aliphatic rings. The molecule has 2 heterocycles. The van der Waals surface area contributed by atoms with Crippen LogP contribution < -0.4 is 15.4 Å². The Morgan fingerprint density at radius 1 is 1.00 bits per heavy atom. The van der Waals surface area contributed by atoms with Gasteiger partial charge in [-0.1, -0.05) is 44.2 Å². The van der Waals surface area contributed by atoms with Gasteiger partial charge in [0.25, 0.3) is 5.91 Å². The van der Waals surface area contributed by atoms with Crippen molar-refractivity contribution in [2.75, 3.05) is 70.1 Å². The second kappa shape index (κ2) is 15.2. The minimum Gasteiger partial charge on any atom is -0.490 e. The van der Waals surface area contributed by atoms with E-state index >= 15 is 0 Å². The number of carbonyl (C=O) groups is 2. The van der Waals surface area contributed by atoms with E-state index in [2.05, 4.69) is 9.80 Å². The van der Waals surface area contributed by atoms with E-state index in [1.807, 2.05) is 45.0 Å². The maximum Gasteiger partial charge on any atom is 0.257 e. The first-order chi connectivity index (χ1) is 21.1. The van der Waals surface area contributed by atoms with Crippen LogP contribution in [0.5, 0.6) is 5.75 Å². The number of hydrogen-bond acceptors (Lipinski definition) is 8. The second-order valence-electron chi connectivity index (χ2n) is 11.4. The second-order valence-corrected chi connectivity index (χ2v) is 13.5. The number of rotatable bonds is 13. The van der Waals surface area contributed by atoms with Crippen LogP contribution in [0.1, 0.15) is 43.9 Å². The molecule has 0 aromatic heterocycles. The smallest absolute Gasteiger partial charge is 0.257 e. The Morgan fingerprint density at radius 2 is 1.66 bits per heavy atom. The molecule has 242 valence electrons. The lowest BCUT2D eigenvalue weighted by Crippen LogP contribution is -2.61. The summed E-state index contributed by atoms with van der Waals surface area (Å²) in [6.45, 7) is 10.4. The molecular formula is C32H47N5O6S. The molecule has 0 saturated carbocycles. The minimum atomic E-state index is -3.30. The van der Waals surface area contributed by atoms with Gasteiger partial charge in [-0.05, 0) is 62.2 Å². The predicted octanol–water partition coefficient (Wildman–Crippen LogP) is 2.40. The van der Waals surface area contributed by atoms with Crippen molar-refractivity contribution in [2.45, 2.75) is 51.9 Å². The number of sulfonamides is 1. The highest BCUT2D eigenvalue weighted by atomic mass is 32.2. The highest BCUT2D eigenvalue weighted by molar-refractivity contribution is 7.89. The fourth-order valence-electron chi connectivity index (χ4n) is 6.01. The third-order valence-electron chi connectivity index (χ3n) is 8.75. The summed E-state index contributed by atoms with van der Waals surface area (Å²) in [5.74, 6) is -0.105. The van der Waals surface area contributed by atoms with Crippen molar-refractivity contribution in [1.82, 2.24) is 14.1 Å². The van der Waals surface area contributed by atoms with Gasteiger partial charge in [-0.25, -0.2) is 12.7 Å². The number of ether oxygens (including phenoxy) is 2. The Morgan fingerprint density at radius 3 is 2.25 bits per heavy atom. The van der Waals surface area contributed by atoms with Gasteiger partial charge in [0.2, 0.25) is 15.9 Å². The van der Waals surface area contributed by atoms with Crippen LogP contribution in [0.15, 0.2) is 48.5 Å². The van der Waals surface area contributed by atoms with E-state index in [1.165, 1.54) is 12.0 Å². The largest absolute Gasteiger partial charge is 0.490 e. The Hall–Kier alpha value is -3.19. The molecule has 2 amide bonds. The topological polar surface area (TPSA) is 126 Å². The number of aryl methyl sites for hydroxylation is 1. The molecule has 2 saturated heterocycles. The van der Waals surface area contributed by atoms with E-state index in [1.54, 1.807) is 28.6 Å². The van der Waals surface area contributed by atoms with Crippen LogP contribution in [0.4, 0.5) is 5.69 Å². The maximum atomic E-state index is 13.7. The van der Waals surface area contributed by atoms with Gasteiger partial charge < -0.3 is 29.9 Å². The SMILES string of the molecule is CCN(CC)CCS(=O)(=O)N1CCC(Oc2ccc(C(OC)C(=O)N3CCN(c4ccccc4C)CC3C(N)=O)cc2)CC1. The van der Waals surface area contributed by atoms with Gasteiger partial charge in [-0.2, -0.15) is 0 Å². The summed E-state index contributed by atoms with van der Waals surface area (Å²) >= 11 is 0.